The van der Waals surface area contributed by atoms with Crippen molar-refractivity contribution in [3.05, 3.63) is 94.9 Å². The van der Waals surface area contributed by atoms with Gasteiger partial charge < -0.3 is 19.3 Å². The van der Waals surface area contributed by atoms with E-state index in [0.717, 1.165) is 11.8 Å². The Labute approximate surface area is 220 Å². The van der Waals surface area contributed by atoms with Crippen LogP contribution in [0.1, 0.15) is 45.2 Å². The van der Waals surface area contributed by atoms with Gasteiger partial charge in [-0.15, -0.1) is 0 Å². The summed E-state index contributed by atoms with van der Waals surface area (Å²) >= 11 is 0. The van der Waals surface area contributed by atoms with E-state index in [-0.39, 0.29) is 12.1 Å². The van der Waals surface area contributed by atoms with E-state index >= 15 is 0 Å². The van der Waals surface area contributed by atoms with E-state index in [1.807, 2.05) is 55.5 Å². The molecule has 1 amide bonds. The van der Waals surface area contributed by atoms with Crippen molar-refractivity contribution < 1.29 is 27.8 Å². The van der Waals surface area contributed by atoms with Gasteiger partial charge in [0.25, 0.3) is 5.56 Å². The van der Waals surface area contributed by atoms with Crippen LogP contribution in [0.4, 0.5) is 18.0 Å². The minimum Gasteiger partial charge on any atom is -0.446 e. The summed E-state index contributed by atoms with van der Waals surface area (Å²) in [5.41, 5.74) is 0.413. The van der Waals surface area contributed by atoms with Crippen LogP contribution < -0.4 is 5.56 Å². The number of amides is 1. The highest BCUT2D eigenvalue weighted by Crippen LogP contribution is 2.29. The van der Waals surface area contributed by atoms with Gasteiger partial charge in [0.2, 0.25) is 0 Å². The lowest BCUT2D eigenvalue weighted by atomic mass is 9.97. The van der Waals surface area contributed by atoms with Gasteiger partial charge in [-0.05, 0) is 43.5 Å². The number of carbonyl (C=O) groups excluding carboxylic acids is 1. The van der Waals surface area contributed by atoms with Crippen molar-refractivity contribution in [3.8, 4) is 11.1 Å². The molecule has 38 heavy (non-hydrogen) atoms. The zero-order valence-electron chi connectivity index (χ0n) is 21.7. The van der Waals surface area contributed by atoms with Gasteiger partial charge >= 0.3 is 12.3 Å². The van der Waals surface area contributed by atoms with Gasteiger partial charge in [0.05, 0.1) is 11.6 Å². The van der Waals surface area contributed by atoms with E-state index in [9.17, 15) is 27.9 Å². The summed E-state index contributed by atoms with van der Waals surface area (Å²) in [7, 11) is 0. The molecule has 4 rings (SSSR count). The molecule has 1 aromatic heterocycles. The molecule has 1 aliphatic heterocycles. The Balaban J connectivity index is 0.000000585. The second kappa shape index (κ2) is 12.3. The number of ether oxygens (including phenoxy) is 1. The number of halogens is 3. The van der Waals surface area contributed by atoms with Crippen LogP contribution in [0.15, 0.2) is 83.8 Å². The molecule has 0 aliphatic carbocycles. The number of aliphatic hydroxyl groups is 1. The van der Waals surface area contributed by atoms with Crippen molar-refractivity contribution in [2.75, 3.05) is 6.54 Å². The van der Waals surface area contributed by atoms with Gasteiger partial charge in [-0.1, -0.05) is 60.7 Å². The minimum atomic E-state index is -4.47. The SMILES string of the molecule is CC(c1ccc(-c2ccn(CC(F)(F)F)c(=O)c2)cc1)N1CCC(CC(C)(C)O)OC1=O.c1ccccc1. The topological polar surface area (TPSA) is 71.8 Å². The van der Waals surface area contributed by atoms with Crippen LogP contribution >= 0.6 is 0 Å². The summed E-state index contributed by atoms with van der Waals surface area (Å²) < 4.78 is 43.7. The molecule has 0 saturated carbocycles. The van der Waals surface area contributed by atoms with E-state index in [2.05, 4.69) is 0 Å². The molecule has 0 bridgehead atoms. The van der Waals surface area contributed by atoms with Crippen molar-refractivity contribution >= 4 is 6.09 Å². The molecule has 2 heterocycles. The smallest absolute Gasteiger partial charge is 0.410 e. The van der Waals surface area contributed by atoms with Crippen LogP contribution in [0.5, 0.6) is 0 Å². The third-order valence-electron chi connectivity index (χ3n) is 6.13. The highest BCUT2D eigenvalue weighted by atomic mass is 19.4. The van der Waals surface area contributed by atoms with E-state index in [0.29, 0.717) is 35.1 Å². The van der Waals surface area contributed by atoms with E-state index in [4.69, 9.17) is 4.74 Å². The summed E-state index contributed by atoms with van der Waals surface area (Å²) in [5, 5.41) is 9.94. The van der Waals surface area contributed by atoms with Crippen molar-refractivity contribution in [1.82, 2.24) is 9.47 Å². The van der Waals surface area contributed by atoms with Crippen molar-refractivity contribution in [1.29, 1.82) is 0 Å². The number of benzene rings is 2. The summed E-state index contributed by atoms with van der Waals surface area (Å²) in [6.07, 6.45) is -3.10. The monoisotopic (exact) mass is 530 g/mol. The first-order chi connectivity index (χ1) is 17.8. The fourth-order valence-electron chi connectivity index (χ4n) is 4.23. The summed E-state index contributed by atoms with van der Waals surface area (Å²) in [6, 6.07) is 21.6. The van der Waals surface area contributed by atoms with Crippen LogP contribution in [0.3, 0.4) is 0 Å². The Morgan fingerprint density at radius 1 is 0.974 bits per heavy atom. The quantitative estimate of drug-likeness (QED) is 0.412. The number of carbonyl (C=O) groups is 1. The molecule has 1 saturated heterocycles. The van der Waals surface area contributed by atoms with E-state index in [1.54, 1.807) is 30.9 Å². The van der Waals surface area contributed by atoms with Gasteiger partial charge in [-0.2, -0.15) is 13.2 Å². The number of rotatable bonds is 6. The largest absolute Gasteiger partial charge is 0.446 e. The number of hydrogen-bond acceptors (Lipinski definition) is 4. The average Bonchev–Trinajstić information content (AvgIpc) is 2.85. The Morgan fingerprint density at radius 2 is 1.55 bits per heavy atom. The van der Waals surface area contributed by atoms with Crippen molar-refractivity contribution in [2.45, 2.75) is 64.1 Å². The summed E-state index contributed by atoms with van der Waals surface area (Å²) in [6.45, 7) is 4.40. The standard InChI is InChI=1S/C23H27F3N2O4.C6H6/c1-15(28-11-9-19(32-21(28)30)13-22(2,3)31)16-4-6-17(7-5-16)18-8-10-27(20(29)12-18)14-23(24,25)26;1-2-4-6-5-3-1/h4-8,10,12,15,19,31H,9,11,13-14H2,1-3H3;1-6H. The van der Waals surface area contributed by atoms with Crippen molar-refractivity contribution in [3.63, 3.8) is 0 Å². The van der Waals surface area contributed by atoms with E-state index < -0.39 is 30.0 Å². The Kier molecular flexibility index (Phi) is 9.38. The van der Waals surface area contributed by atoms with Crippen LogP contribution in [-0.4, -0.2) is 45.1 Å². The van der Waals surface area contributed by atoms with Gasteiger partial charge in [-0.25, -0.2) is 4.79 Å². The minimum absolute atomic E-state index is 0.251. The number of cyclic esters (lactones) is 1. The molecule has 9 heteroatoms. The molecule has 0 radical (unpaired) electrons. The van der Waals surface area contributed by atoms with Gasteiger partial charge in [-0.3, -0.25) is 4.79 Å². The maximum absolute atomic E-state index is 12.5. The molecule has 1 N–H and O–H groups in total. The Bertz CT molecular complexity index is 1210. The number of hydrogen-bond donors (Lipinski definition) is 1. The third kappa shape index (κ3) is 8.76. The second-order valence-electron chi connectivity index (χ2n) is 9.95. The lowest BCUT2D eigenvalue weighted by Gasteiger charge is -2.37. The predicted molar refractivity (Wildman–Crippen MR) is 140 cm³/mol. The highest BCUT2D eigenvalue weighted by molar-refractivity contribution is 5.69. The zero-order valence-corrected chi connectivity index (χ0v) is 21.7. The molecule has 3 aromatic rings. The zero-order chi connectivity index (χ0) is 27.9. The van der Waals surface area contributed by atoms with Gasteiger partial charge in [0.1, 0.15) is 12.6 Å². The number of alkyl halides is 3. The van der Waals surface area contributed by atoms with E-state index in [1.165, 1.54) is 12.1 Å². The highest BCUT2D eigenvalue weighted by Gasteiger charge is 2.33. The number of pyridine rings is 1. The third-order valence-corrected chi connectivity index (χ3v) is 6.13. The fraction of sp³-hybridized carbons (Fsp3) is 0.379. The molecular formula is C29H33F3N2O4. The molecular weight excluding hydrogens is 497 g/mol. The molecule has 0 spiro atoms. The molecule has 2 aromatic carbocycles. The molecule has 204 valence electrons. The predicted octanol–water partition coefficient (Wildman–Crippen LogP) is 6.20. The van der Waals surface area contributed by atoms with Gasteiger partial charge in [0.15, 0.2) is 0 Å². The second-order valence-corrected chi connectivity index (χ2v) is 9.95. The van der Waals surface area contributed by atoms with Crippen LogP contribution in [-0.2, 0) is 11.3 Å². The molecule has 1 aliphatic rings. The summed E-state index contributed by atoms with van der Waals surface area (Å²) in [4.78, 5) is 26.1. The first kappa shape index (κ1) is 29.0. The summed E-state index contributed by atoms with van der Waals surface area (Å²) in [5.74, 6) is 0. The maximum Gasteiger partial charge on any atom is 0.410 e. The molecule has 2 atom stereocenters. The first-order valence-electron chi connectivity index (χ1n) is 12.4. The first-order valence-corrected chi connectivity index (χ1v) is 12.4. The lowest BCUT2D eigenvalue weighted by Crippen LogP contribution is -2.45. The van der Waals surface area contributed by atoms with Crippen LogP contribution in [0.25, 0.3) is 11.1 Å². The van der Waals surface area contributed by atoms with Crippen LogP contribution in [0.2, 0.25) is 0 Å². The maximum atomic E-state index is 12.5. The molecule has 6 nitrogen and oxygen atoms in total. The normalized spacial score (nSPS) is 16.8. The molecule has 2 unspecified atom stereocenters. The fourth-order valence-corrected chi connectivity index (χ4v) is 4.23. The van der Waals surface area contributed by atoms with Crippen LogP contribution in [0, 0.1) is 0 Å². The van der Waals surface area contributed by atoms with Crippen molar-refractivity contribution in [2.24, 2.45) is 0 Å². The number of aromatic nitrogens is 1. The van der Waals surface area contributed by atoms with Gasteiger partial charge in [0, 0.05) is 31.6 Å². The lowest BCUT2D eigenvalue weighted by molar-refractivity contribution is -0.141. The average molecular weight is 531 g/mol. The number of nitrogens with zero attached hydrogens (tertiary/aromatic N) is 2. The Hall–Kier alpha value is -3.59. The Morgan fingerprint density at radius 3 is 2.03 bits per heavy atom. The molecule has 1 fully saturated rings.